The van der Waals surface area contributed by atoms with Crippen molar-refractivity contribution in [1.82, 2.24) is 15.5 Å². The van der Waals surface area contributed by atoms with Crippen LogP contribution in [0, 0.1) is 5.92 Å². The predicted molar refractivity (Wildman–Crippen MR) is 189 cm³/mol. The molecule has 0 aliphatic carbocycles. The highest BCUT2D eigenvalue weighted by molar-refractivity contribution is 6.00. The molecule has 0 saturated carbocycles. The Balaban J connectivity index is 1.46. The van der Waals surface area contributed by atoms with Crippen molar-refractivity contribution >= 4 is 46.2 Å². The average molecular weight is 685 g/mol. The second-order valence-electron chi connectivity index (χ2n) is 12.0. The molecule has 0 spiro atoms. The number of benzene rings is 3. The van der Waals surface area contributed by atoms with Crippen LogP contribution in [-0.2, 0) is 35.3 Å². The zero-order valence-electron chi connectivity index (χ0n) is 27.9. The lowest BCUT2D eigenvalue weighted by Crippen LogP contribution is -2.51. The van der Waals surface area contributed by atoms with E-state index in [0.29, 0.717) is 18.7 Å². The van der Waals surface area contributed by atoms with Gasteiger partial charge in [-0.3, -0.25) is 14.4 Å². The van der Waals surface area contributed by atoms with Gasteiger partial charge in [0.15, 0.2) is 0 Å². The second-order valence-corrected chi connectivity index (χ2v) is 12.0. The Hall–Kier alpha value is -5.49. The molecular formula is C38H44N4O8. The summed E-state index contributed by atoms with van der Waals surface area (Å²) in [7, 11) is 0. The Morgan fingerprint density at radius 1 is 0.860 bits per heavy atom. The molecule has 3 aromatic carbocycles. The van der Waals surface area contributed by atoms with Crippen LogP contribution >= 0.6 is 0 Å². The van der Waals surface area contributed by atoms with Gasteiger partial charge in [-0.2, -0.15) is 0 Å². The zero-order valence-corrected chi connectivity index (χ0v) is 27.9. The summed E-state index contributed by atoms with van der Waals surface area (Å²) >= 11 is 0. The summed E-state index contributed by atoms with van der Waals surface area (Å²) < 4.78 is 10.7. The van der Waals surface area contributed by atoms with Crippen molar-refractivity contribution in [3.05, 3.63) is 104 Å². The number of nitrogens with one attached hydrogen (secondary N) is 3. The molecular weight excluding hydrogens is 640 g/mol. The SMILES string of the molecule is C=CCC(CC(=O)N1CCCC1CO)C(=O)NC(COC(=O)C(CC=C)NC(=O)OCc1ccccc1)C(=O)Nc1ccc2ccccc2c1. The Labute approximate surface area is 291 Å². The molecule has 0 aromatic heterocycles. The Bertz CT molecular complexity index is 1660. The summed E-state index contributed by atoms with van der Waals surface area (Å²) in [4.78, 5) is 67.6. The van der Waals surface area contributed by atoms with E-state index in [1.807, 2.05) is 36.4 Å². The third-order valence-corrected chi connectivity index (χ3v) is 8.39. The number of anilines is 1. The fourth-order valence-electron chi connectivity index (χ4n) is 5.69. The van der Waals surface area contributed by atoms with Crippen LogP contribution in [0.5, 0.6) is 0 Å². The summed E-state index contributed by atoms with van der Waals surface area (Å²) in [6.07, 6.45) is 3.50. The molecule has 12 heteroatoms. The molecule has 4 N–H and O–H groups in total. The van der Waals surface area contributed by atoms with Gasteiger partial charge in [0.05, 0.1) is 18.6 Å². The largest absolute Gasteiger partial charge is 0.461 e. The maximum absolute atomic E-state index is 13.6. The Kier molecular flexibility index (Phi) is 14.1. The van der Waals surface area contributed by atoms with Crippen LogP contribution in [0.2, 0.25) is 0 Å². The molecule has 1 saturated heterocycles. The summed E-state index contributed by atoms with van der Waals surface area (Å²) in [5, 5.41) is 19.4. The number of ether oxygens (including phenoxy) is 2. The molecule has 12 nitrogen and oxygen atoms in total. The number of allylic oxidation sites excluding steroid dienone is 1. The van der Waals surface area contributed by atoms with Gasteiger partial charge in [-0.1, -0.05) is 72.8 Å². The summed E-state index contributed by atoms with van der Waals surface area (Å²) in [5.41, 5.74) is 1.21. The smallest absolute Gasteiger partial charge is 0.408 e. The van der Waals surface area contributed by atoms with Crippen molar-refractivity contribution in [2.75, 3.05) is 25.1 Å². The predicted octanol–water partition coefficient (Wildman–Crippen LogP) is 4.24. The number of nitrogens with zero attached hydrogens (tertiary/aromatic N) is 1. The van der Waals surface area contributed by atoms with E-state index in [1.54, 1.807) is 41.3 Å². The van der Waals surface area contributed by atoms with Crippen molar-refractivity contribution < 1.29 is 38.6 Å². The van der Waals surface area contributed by atoms with E-state index < -0.39 is 48.5 Å². The topological polar surface area (TPSA) is 163 Å². The molecule has 0 radical (unpaired) electrons. The van der Waals surface area contributed by atoms with E-state index in [1.165, 1.54) is 12.2 Å². The number of amides is 4. The van der Waals surface area contributed by atoms with Gasteiger partial charge in [0, 0.05) is 18.7 Å². The number of rotatable bonds is 17. The molecule has 4 amide bonds. The van der Waals surface area contributed by atoms with Gasteiger partial charge in [0.2, 0.25) is 11.8 Å². The van der Waals surface area contributed by atoms with Crippen LogP contribution in [0.25, 0.3) is 10.8 Å². The number of esters is 1. The summed E-state index contributed by atoms with van der Waals surface area (Å²) in [6.45, 7) is 7.08. The van der Waals surface area contributed by atoms with Crippen molar-refractivity contribution in [3.63, 3.8) is 0 Å². The minimum absolute atomic E-state index is 0.00837. The summed E-state index contributed by atoms with van der Waals surface area (Å²) in [5.74, 6) is -3.31. The van der Waals surface area contributed by atoms with Crippen molar-refractivity contribution in [2.45, 2.75) is 56.8 Å². The fourth-order valence-corrected chi connectivity index (χ4v) is 5.69. The van der Waals surface area contributed by atoms with Gasteiger partial charge in [0.25, 0.3) is 5.91 Å². The van der Waals surface area contributed by atoms with Crippen LogP contribution in [0.3, 0.4) is 0 Å². The minimum atomic E-state index is -1.37. The van der Waals surface area contributed by atoms with E-state index in [4.69, 9.17) is 9.47 Å². The van der Waals surface area contributed by atoms with E-state index in [0.717, 1.165) is 22.8 Å². The molecule has 4 atom stereocenters. The average Bonchev–Trinajstić information content (AvgIpc) is 3.61. The fraction of sp³-hybridized carbons (Fsp3) is 0.342. The van der Waals surface area contributed by atoms with Gasteiger partial charge in [-0.15, -0.1) is 13.2 Å². The Morgan fingerprint density at radius 2 is 1.58 bits per heavy atom. The van der Waals surface area contributed by atoms with Crippen LogP contribution in [-0.4, -0.2) is 77.7 Å². The van der Waals surface area contributed by atoms with Gasteiger partial charge >= 0.3 is 12.1 Å². The maximum Gasteiger partial charge on any atom is 0.408 e. The second kappa shape index (κ2) is 18.9. The van der Waals surface area contributed by atoms with Gasteiger partial charge < -0.3 is 35.4 Å². The third-order valence-electron chi connectivity index (χ3n) is 8.39. The van der Waals surface area contributed by atoms with E-state index in [-0.39, 0.29) is 44.4 Å². The van der Waals surface area contributed by atoms with E-state index in [9.17, 15) is 29.1 Å². The molecule has 4 unspecified atom stereocenters. The first-order valence-corrected chi connectivity index (χ1v) is 16.6. The number of hydrogen-bond acceptors (Lipinski definition) is 8. The van der Waals surface area contributed by atoms with Gasteiger partial charge in [-0.05, 0) is 54.2 Å². The number of aliphatic hydroxyl groups excluding tert-OH is 1. The van der Waals surface area contributed by atoms with Crippen molar-refractivity contribution in [3.8, 4) is 0 Å². The zero-order chi connectivity index (χ0) is 35.9. The molecule has 1 aliphatic rings. The monoisotopic (exact) mass is 684 g/mol. The normalized spacial score (nSPS) is 15.6. The molecule has 1 aliphatic heterocycles. The highest BCUT2D eigenvalue weighted by atomic mass is 16.6. The van der Waals surface area contributed by atoms with Crippen LogP contribution in [0.4, 0.5) is 10.5 Å². The van der Waals surface area contributed by atoms with Gasteiger partial charge in [-0.25, -0.2) is 9.59 Å². The van der Waals surface area contributed by atoms with Crippen LogP contribution < -0.4 is 16.0 Å². The molecule has 3 aromatic rings. The number of fused-ring (bicyclic) bond motifs is 1. The lowest BCUT2D eigenvalue weighted by Gasteiger charge is -2.26. The summed E-state index contributed by atoms with van der Waals surface area (Å²) in [6, 6.07) is 19.1. The highest BCUT2D eigenvalue weighted by Gasteiger charge is 2.33. The van der Waals surface area contributed by atoms with Crippen molar-refractivity contribution in [1.29, 1.82) is 0 Å². The first-order chi connectivity index (χ1) is 24.2. The quantitative estimate of drug-likeness (QED) is 0.121. The molecule has 4 rings (SSSR count). The molecule has 0 bridgehead atoms. The first-order valence-electron chi connectivity index (χ1n) is 16.6. The lowest BCUT2D eigenvalue weighted by molar-refractivity contribution is -0.148. The number of likely N-dealkylation sites (tertiary alicyclic amines) is 1. The number of aliphatic hydroxyl groups is 1. The molecule has 1 heterocycles. The van der Waals surface area contributed by atoms with E-state index in [2.05, 4.69) is 29.1 Å². The van der Waals surface area contributed by atoms with E-state index >= 15 is 0 Å². The maximum atomic E-state index is 13.6. The third kappa shape index (κ3) is 10.8. The number of hydrogen-bond donors (Lipinski definition) is 4. The molecule has 50 heavy (non-hydrogen) atoms. The van der Waals surface area contributed by atoms with Gasteiger partial charge in [0.1, 0.15) is 25.3 Å². The van der Waals surface area contributed by atoms with Crippen molar-refractivity contribution in [2.24, 2.45) is 5.92 Å². The molecule has 1 fully saturated rings. The molecule has 264 valence electrons. The number of carbonyl (C=O) groups excluding carboxylic acids is 5. The van der Waals surface area contributed by atoms with Crippen LogP contribution in [0.1, 0.15) is 37.7 Å². The number of carbonyl (C=O) groups is 5. The van der Waals surface area contributed by atoms with Crippen LogP contribution in [0.15, 0.2) is 98.1 Å². The minimum Gasteiger partial charge on any atom is -0.461 e. The highest BCUT2D eigenvalue weighted by Crippen LogP contribution is 2.22. The number of alkyl carbamates (subject to hydrolysis) is 1. The first kappa shape index (κ1) is 37.3. The standard InChI is InChI=1S/C38H44N4O8/c1-3-11-29(22-34(44)42-20-10-17-31(42)23-43)35(45)40-33(36(46)39-30-19-18-27-15-8-9-16-28(27)21-30)25-49-37(47)32(12-4-2)41-38(48)50-24-26-13-6-5-7-14-26/h3-9,13-16,18-19,21,29,31-33,43H,1-2,10-12,17,20,22-25H2,(H,39,46)(H,40,45)(H,41,48). The Morgan fingerprint density at radius 3 is 2.30 bits per heavy atom. The lowest BCUT2D eigenvalue weighted by atomic mass is 9.98.